The molecule has 0 aliphatic rings. The summed E-state index contributed by atoms with van der Waals surface area (Å²) in [5.41, 5.74) is 0. The second-order valence-electron chi connectivity index (χ2n) is 3.27. The number of likely N-dealkylation sites (N-methyl/N-ethyl adjacent to an activating group) is 1. The highest BCUT2D eigenvalue weighted by atomic mass is 127. The van der Waals surface area contributed by atoms with Gasteiger partial charge >= 0.3 is 0 Å². The van der Waals surface area contributed by atoms with Crippen LogP contribution in [0, 0.1) is 0 Å². The Hall–Kier alpha value is -0.0800. The Morgan fingerprint density at radius 2 is 1.56 bits per heavy atom. The van der Waals surface area contributed by atoms with Gasteiger partial charge in [-0.15, -0.1) is 24.0 Å². The van der Waals surface area contributed by atoms with Crippen molar-refractivity contribution >= 4 is 30.1 Å². The van der Waals surface area contributed by atoms with Gasteiger partial charge in [0.1, 0.15) is 12.6 Å². The molecule has 6 heteroatoms. The number of hydrogen-bond acceptors (Lipinski definition) is 3. The van der Waals surface area contributed by atoms with E-state index < -0.39 is 6.09 Å². The fraction of sp³-hybridized carbons (Fsp3) is 0.900. The molecule has 5 nitrogen and oxygen atoms in total. The zero-order valence-corrected chi connectivity index (χ0v) is 13.0. The largest absolute Gasteiger partial charge is 0.530 e. The van der Waals surface area contributed by atoms with Gasteiger partial charge in [-0.3, -0.25) is 0 Å². The minimum Gasteiger partial charge on any atom is -0.530 e. The number of nitrogens with one attached hydrogen (secondary N) is 1. The third-order valence-corrected chi connectivity index (χ3v) is 2.79. The van der Waals surface area contributed by atoms with Crippen LogP contribution in [0.1, 0.15) is 20.8 Å². The first-order valence-electron chi connectivity index (χ1n) is 5.36. The van der Waals surface area contributed by atoms with Gasteiger partial charge in [-0.2, -0.15) is 0 Å². The lowest BCUT2D eigenvalue weighted by Crippen LogP contribution is -2.49. The van der Waals surface area contributed by atoms with Crippen LogP contribution in [0.25, 0.3) is 0 Å². The van der Waals surface area contributed by atoms with E-state index in [4.69, 9.17) is 15.0 Å². The molecule has 0 saturated heterocycles. The van der Waals surface area contributed by atoms with E-state index in [0.717, 1.165) is 30.7 Å². The van der Waals surface area contributed by atoms with E-state index in [2.05, 4.69) is 20.8 Å². The zero-order chi connectivity index (χ0) is 12.3. The van der Waals surface area contributed by atoms with Crippen LogP contribution < -0.4 is 10.4 Å². The smallest absolute Gasteiger partial charge is 0.133 e. The summed E-state index contributed by atoms with van der Waals surface area (Å²) in [4.78, 5) is 9.15. The lowest BCUT2D eigenvalue weighted by molar-refractivity contribution is -0.923. The lowest BCUT2D eigenvalue weighted by atomic mass is 10.3. The Labute approximate surface area is 115 Å². The third kappa shape index (κ3) is 10.4. The molecule has 1 amide bonds. The number of quaternary nitrogens is 1. The molecule has 0 spiro atoms. The van der Waals surface area contributed by atoms with Crippen LogP contribution in [0.5, 0.6) is 0 Å². The summed E-state index contributed by atoms with van der Waals surface area (Å²) in [6.07, 6.45) is -1.25. The number of halogens is 1. The van der Waals surface area contributed by atoms with E-state index in [0.29, 0.717) is 6.61 Å². The Morgan fingerprint density at radius 3 is 1.62 bits per heavy atom. The highest BCUT2D eigenvalue weighted by Crippen LogP contribution is 2.03. The highest BCUT2D eigenvalue weighted by Gasteiger charge is 2.18. The molecule has 0 radical (unpaired) electrons. The molecular weight excluding hydrogens is 323 g/mol. The van der Waals surface area contributed by atoms with Gasteiger partial charge in [0.15, 0.2) is 0 Å². The molecule has 0 aromatic heterocycles. The first-order chi connectivity index (χ1) is 7.01. The Kier molecular flexibility index (Phi) is 17.2. The molecule has 0 rings (SSSR count). The zero-order valence-electron chi connectivity index (χ0n) is 10.7. The minimum atomic E-state index is -1.25. The first kappa shape index (κ1) is 21.2. The molecule has 100 valence electrons. The fourth-order valence-corrected chi connectivity index (χ4v) is 1.36. The van der Waals surface area contributed by atoms with Crippen molar-refractivity contribution in [2.24, 2.45) is 0 Å². The normalized spacial score (nSPS) is 9.56. The molecule has 0 atom stereocenters. The molecule has 0 saturated carbocycles. The predicted octanol–water partition coefficient (Wildman–Crippen LogP) is 0.0223. The maximum Gasteiger partial charge on any atom is 0.133 e. The molecule has 0 fully saturated rings. The number of nitrogens with zero attached hydrogens (tertiary/aromatic N) is 1. The molecule has 0 aliphatic carbocycles. The van der Waals surface area contributed by atoms with Gasteiger partial charge in [-0.25, -0.2) is 0 Å². The van der Waals surface area contributed by atoms with Crippen molar-refractivity contribution in [1.82, 2.24) is 5.32 Å². The van der Waals surface area contributed by atoms with Gasteiger partial charge in [0.05, 0.1) is 26.2 Å². The van der Waals surface area contributed by atoms with E-state index in [1.54, 1.807) is 0 Å². The second-order valence-corrected chi connectivity index (χ2v) is 3.27. The molecular formula is C10H25IN2O3. The topological polar surface area (TPSA) is 72.4 Å². The highest BCUT2D eigenvalue weighted by molar-refractivity contribution is 14.0. The van der Waals surface area contributed by atoms with Crippen molar-refractivity contribution in [3.63, 3.8) is 0 Å². The van der Waals surface area contributed by atoms with Crippen molar-refractivity contribution in [3.8, 4) is 0 Å². The van der Waals surface area contributed by atoms with Crippen molar-refractivity contribution < 1.29 is 19.5 Å². The summed E-state index contributed by atoms with van der Waals surface area (Å²) in [5, 5.41) is 19.8. The SMILES string of the molecule is CC[N+](CC)(CC)CCO.CNC(=O)[O-].I. The molecule has 16 heavy (non-hydrogen) atoms. The summed E-state index contributed by atoms with van der Waals surface area (Å²) >= 11 is 0. The van der Waals surface area contributed by atoms with Crippen LogP contribution in [0.2, 0.25) is 0 Å². The van der Waals surface area contributed by atoms with Crippen molar-refractivity contribution in [3.05, 3.63) is 0 Å². The minimum absolute atomic E-state index is 0. The number of amides is 1. The van der Waals surface area contributed by atoms with E-state index >= 15 is 0 Å². The Bertz CT molecular complexity index is 156. The summed E-state index contributed by atoms with van der Waals surface area (Å²) in [7, 11) is 1.29. The standard InChI is InChI=1S/C8H20NO.C2H5NO2.HI/c1-4-9(5-2,6-3)7-8-10;1-3-2(4)5;/h10H,4-8H2,1-3H3;3H,1H3,(H,4,5);1H/q+1;;/p-1. The van der Waals surface area contributed by atoms with Crippen LogP contribution >= 0.6 is 24.0 Å². The number of rotatable bonds is 5. The average Bonchev–Trinajstić information content (AvgIpc) is 2.27. The van der Waals surface area contributed by atoms with Gasteiger partial charge in [-0.05, 0) is 20.8 Å². The number of aliphatic hydroxyl groups excluding tert-OH is 1. The molecule has 0 heterocycles. The molecule has 2 N–H and O–H groups in total. The second kappa shape index (κ2) is 13.0. The fourth-order valence-electron chi connectivity index (χ4n) is 1.36. The van der Waals surface area contributed by atoms with Gasteiger partial charge in [0, 0.05) is 7.05 Å². The van der Waals surface area contributed by atoms with E-state index in [9.17, 15) is 0 Å². The third-order valence-electron chi connectivity index (χ3n) is 2.79. The number of carbonyl (C=O) groups excluding carboxylic acids is 1. The van der Waals surface area contributed by atoms with Crippen molar-refractivity contribution in [1.29, 1.82) is 0 Å². The lowest BCUT2D eigenvalue weighted by Gasteiger charge is -2.34. The van der Waals surface area contributed by atoms with Gasteiger partial charge in [0.2, 0.25) is 0 Å². The van der Waals surface area contributed by atoms with Gasteiger partial charge < -0.3 is 24.8 Å². The van der Waals surface area contributed by atoms with Gasteiger partial charge in [-0.1, -0.05) is 0 Å². The van der Waals surface area contributed by atoms with Crippen LogP contribution in [0.15, 0.2) is 0 Å². The Balaban J connectivity index is -0.000000242. The number of hydrogen-bond donors (Lipinski definition) is 2. The number of carbonyl (C=O) groups is 1. The predicted molar refractivity (Wildman–Crippen MR) is 73.7 cm³/mol. The summed E-state index contributed by atoms with van der Waals surface area (Å²) in [6.45, 7) is 11.2. The molecule has 0 bridgehead atoms. The number of aliphatic hydroxyl groups is 1. The van der Waals surface area contributed by atoms with Crippen molar-refractivity contribution in [2.45, 2.75) is 20.8 Å². The van der Waals surface area contributed by atoms with Crippen LogP contribution in [-0.4, -0.2) is 55.5 Å². The first-order valence-corrected chi connectivity index (χ1v) is 5.36. The Morgan fingerprint density at radius 1 is 1.25 bits per heavy atom. The maximum atomic E-state index is 9.15. The molecule has 0 aromatic carbocycles. The average molecular weight is 348 g/mol. The molecule has 0 unspecified atom stereocenters. The monoisotopic (exact) mass is 348 g/mol. The number of carboxylic acid groups (broad SMARTS) is 1. The summed E-state index contributed by atoms with van der Waals surface area (Å²) < 4.78 is 1.05. The van der Waals surface area contributed by atoms with E-state index in [1.807, 2.05) is 5.32 Å². The van der Waals surface area contributed by atoms with Crippen molar-refractivity contribution in [2.75, 3.05) is 39.8 Å². The maximum absolute atomic E-state index is 9.15. The molecule has 0 aliphatic heterocycles. The van der Waals surface area contributed by atoms with Crippen LogP contribution in [-0.2, 0) is 0 Å². The molecule has 0 aromatic rings. The van der Waals surface area contributed by atoms with Gasteiger partial charge in [0.25, 0.3) is 0 Å². The quantitative estimate of drug-likeness (QED) is 0.544. The van der Waals surface area contributed by atoms with E-state index in [-0.39, 0.29) is 24.0 Å². The summed E-state index contributed by atoms with van der Waals surface area (Å²) in [5.74, 6) is 0. The van der Waals surface area contributed by atoms with Crippen LogP contribution in [0.4, 0.5) is 4.79 Å². The summed E-state index contributed by atoms with van der Waals surface area (Å²) in [6, 6.07) is 0. The van der Waals surface area contributed by atoms with E-state index in [1.165, 1.54) is 7.05 Å². The van der Waals surface area contributed by atoms with Crippen LogP contribution in [0.3, 0.4) is 0 Å².